The van der Waals surface area contributed by atoms with Gasteiger partial charge in [0.1, 0.15) is 23.8 Å². The summed E-state index contributed by atoms with van der Waals surface area (Å²) in [6, 6.07) is 13.8. The number of ether oxygens (including phenoxy) is 2. The highest BCUT2D eigenvalue weighted by molar-refractivity contribution is 5.89. The highest BCUT2D eigenvalue weighted by Gasteiger charge is 2.44. The maximum Gasteiger partial charge on any atom is 0.326 e. The molecule has 0 bridgehead atoms. The number of nitrogen functional groups attached to an aromatic ring is 1. The van der Waals surface area contributed by atoms with Gasteiger partial charge in [-0.1, -0.05) is 31.1 Å². The Hall–Kier alpha value is -5.72. The minimum atomic E-state index is -1.11. The number of nitrogens with zero attached hydrogens (tertiary/aromatic N) is 9. The van der Waals surface area contributed by atoms with Gasteiger partial charge in [0.05, 0.1) is 29.7 Å². The Bertz CT molecular complexity index is 2270. The molecule has 5 aliphatic rings. The Morgan fingerprint density at radius 1 is 0.862 bits per heavy atom. The van der Waals surface area contributed by atoms with Crippen LogP contribution < -0.4 is 25.2 Å². The molecule has 1 aliphatic carbocycles. The van der Waals surface area contributed by atoms with Crippen LogP contribution in [0.3, 0.4) is 0 Å². The molecule has 348 valence electrons. The quantitative estimate of drug-likeness (QED) is 0.139. The molecule has 1 amide bonds. The predicted molar refractivity (Wildman–Crippen MR) is 243 cm³/mol. The number of rotatable bonds is 14. The van der Waals surface area contributed by atoms with Gasteiger partial charge in [-0.05, 0) is 61.8 Å². The lowest BCUT2D eigenvalue weighted by atomic mass is 9.91. The van der Waals surface area contributed by atoms with Gasteiger partial charge in [-0.2, -0.15) is 0 Å². The fourth-order valence-electron chi connectivity index (χ4n) is 10.2. The second kappa shape index (κ2) is 19.4. The number of carbonyl (C=O) groups excluding carboxylic acids is 1. The lowest BCUT2D eigenvalue weighted by molar-refractivity contribution is -0.149. The van der Waals surface area contributed by atoms with Crippen LogP contribution in [-0.4, -0.2) is 153 Å². The van der Waals surface area contributed by atoms with Crippen molar-refractivity contribution in [2.45, 2.75) is 95.2 Å². The first-order valence-electron chi connectivity index (χ1n) is 23.3. The molecule has 5 fully saturated rings. The number of carboxylic acids is 1. The number of benzene rings is 1. The highest BCUT2D eigenvalue weighted by Crippen LogP contribution is 2.36. The van der Waals surface area contributed by atoms with E-state index >= 15 is 0 Å². The van der Waals surface area contributed by atoms with E-state index in [-0.39, 0.29) is 48.9 Å². The van der Waals surface area contributed by atoms with Gasteiger partial charge >= 0.3 is 5.97 Å². The number of amides is 1. The number of anilines is 4. The summed E-state index contributed by atoms with van der Waals surface area (Å²) in [5.74, 6) is 0.606. The molecule has 4 saturated heterocycles. The van der Waals surface area contributed by atoms with E-state index in [0.29, 0.717) is 40.5 Å². The molecule has 1 saturated carbocycles. The summed E-state index contributed by atoms with van der Waals surface area (Å²) in [5.41, 5.74) is 9.36. The standard InChI is InChI=1S/C47H62N10O8/c1-29(2)44(46(60)57-28-32(58)22-39(57)47(61)62)41-26-42(52-65-41)56-15-8-30(9-16-56)27-53-13-10-33(11-14-53)63-34-23-35(24-34)64-43-21-31(7-12-49-43)54-17-19-55(20-18-54)38-25-37(50-51-45(38)48)36-5-3-4-6-40(36)59/h3-7,12,21,25-26,29-30,32-35,39,44,58-59H,8-11,13-20,22-24,27-28H2,1-2H3,(H2,48,51)(H,61,62)/t32-,34-,35-,39+,44-/m1/s1. The molecule has 3 atom stereocenters. The van der Waals surface area contributed by atoms with E-state index in [2.05, 4.69) is 39.9 Å². The van der Waals surface area contributed by atoms with Gasteiger partial charge in [0, 0.05) is 114 Å². The van der Waals surface area contributed by atoms with Crippen molar-refractivity contribution >= 4 is 34.9 Å². The van der Waals surface area contributed by atoms with Crippen molar-refractivity contribution in [1.29, 1.82) is 0 Å². The van der Waals surface area contributed by atoms with Crippen LogP contribution in [0.15, 0.2) is 59.3 Å². The van der Waals surface area contributed by atoms with E-state index in [1.807, 2.05) is 56.4 Å². The zero-order valence-electron chi connectivity index (χ0n) is 37.3. The number of aromatic nitrogens is 4. The summed E-state index contributed by atoms with van der Waals surface area (Å²) in [6.07, 6.45) is 7.41. The largest absolute Gasteiger partial charge is 0.507 e. The Morgan fingerprint density at radius 2 is 1.60 bits per heavy atom. The number of phenols is 1. The van der Waals surface area contributed by atoms with E-state index in [1.165, 1.54) is 4.90 Å². The lowest BCUT2D eigenvalue weighted by Gasteiger charge is -2.41. The van der Waals surface area contributed by atoms with E-state index in [1.54, 1.807) is 12.1 Å². The number of aliphatic hydroxyl groups is 1. The van der Waals surface area contributed by atoms with E-state index in [4.69, 9.17) is 19.7 Å². The van der Waals surface area contributed by atoms with E-state index in [0.717, 1.165) is 109 Å². The minimum Gasteiger partial charge on any atom is -0.507 e. The van der Waals surface area contributed by atoms with Crippen molar-refractivity contribution in [3.63, 3.8) is 0 Å². The Morgan fingerprint density at radius 3 is 2.32 bits per heavy atom. The van der Waals surface area contributed by atoms with Crippen molar-refractivity contribution in [1.82, 2.24) is 30.1 Å². The second-order valence-corrected chi connectivity index (χ2v) is 18.8. The van der Waals surface area contributed by atoms with Crippen LogP contribution in [0.1, 0.15) is 70.5 Å². The summed E-state index contributed by atoms with van der Waals surface area (Å²) < 4.78 is 18.6. The van der Waals surface area contributed by atoms with Gasteiger partial charge in [0.2, 0.25) is 11.8 Å². The van der Waals surface area contributed by atoms with E-state index in [9.17, 15) is 24.9 Å². The van der Waals surface area contributed by atoms with Crippen LogP contribution in [-0.2, 0) is 14.3 Å². The van der Waals surface area contributed by atoms with Gasteiger partial charge in [0.15, 0.2) is 17.4 Å². The number of carboxylic acid groups (broad SMARTS) is 1. The van der Waals surface area contributed by atoms with Crippen molar-refractivity contribution in [3.8, 4) is 22.9 Å². The summed E-state index contributed by atoms with van der Waals surface area (Å²) >= 11 is 0. The van der Waals surface area contributed by atoms with Crippen LogP contribution in [0, 0.1) is 11.8 Å². The molecule has 65 heavy (non-hydrogen) atoms. The summed E-state index contributed by atoms with van der Waals surface area (Å²) in [4.78, 5) is 40.5. The predicted octanol–water partition coefficient (Wildman–Crippen LogP) is 4.23. The van der Waals surface area contributed by atoms with E-state index < -0.39 is 24.0 Å². The zero-order valence-corrected chi connectivity index (χ0v) is 37.3. The zero-order chi connectivity index (χ0) is 45.2. The van der Waals surface area contributed by atoms with Crippen molar-refractivity contribution < 1.29 is 38.9 Å². The Kier molecular flexibility index (Phi) is 13.3. The molecule has 3 aromatic heterocycles. The molecule has 0 spiro atoms. The molecule has 4 aliphatic heterocycles. The topological polar surface area (TPSA) is 220 Å². The number of piperazine rings is 1. The first-order valence-corrected chi connectivity index (χ1v) is 23.3. The monoisotopic (exact) mass is 894 g/mol. The number of para-hydroxylation sites is 1. The van der Waals surface area contributed by atoms with Crippen molar-refractivity contribution in [2.75, 3.05) is 85.9 Å². The smallest absolute Gasteiger partial charge is 0.326 e. The number of β-amino-alcohol motifs (C(OH)–C–C–N with tert-alkyl or cyclic N) is 1. The van der Waals surface area contributed by atoms with Gasteiger partial charge < -0.3 is 59.5 Å². The van der Waals surface area contributed by atoms with Gasteiger partial charge in [-0.3, -0.25) is 4.79 Å². The summed E-state index contributed by atoms with van der Waals surface area (Å²) in [7, 11) is 0. The average molecular weight is 895 g/mol. The van der Waals surface area contributed by atoms with Crippen LogP contribution in [0.2, 0.25) is 0 Å². The first kappa shape index (κ1) is 44.5. The number of aliphatic hydroxyl groups excluding tert-OH is 1. The number of hydrogen-bond acceptors (Lipinski definition) is 16. The molecule has 5 N–H and O–H groups in total. The van der Waals surface area contributed by atoms with Crippen LogP contribution >= 0.6 is 0 Å². The average Bonchev–Trinajstić information content (AvgIpc) is 3.94. The molecule has 18 heteroatoms. The number of hydrogen-bond donors (Lipinski definition) is 4. The molecular formula is C47H62N10O8. The molecule has 18 nitrogen and oxygen atoms in total. The normalized spacial score (nSPS) is 24.1. The number of pyridine rings is 1. The molecule has 9 rings (SSSR count). The second-order valence-electron chi connectivity index (χ2n) is 18.8. The number of phenolic OH excluding ortho intramolecular Hbond substituents is 1. The number of aromatic hydroxyl groups is 1. The Labute approximate surface area is 379 Å². The molecule has 7 heterocycles. The third-order valence-corrected chi connectivity index (χ3v) is 14.0. The number of carbonyl (C=O) groups is 2. The van der Waals surface area contributed by atoms with Crippen molar-refractivity contribution in [3.05, 3.63) is 60.5 Å². The van der Waals surface area contributed by atoms with Crippen molar-refractivity contribution in [2.24, 2.45) is 11.8 Å². The van der Waals surface area contributed by atoms with Gasteiger partial charge in [-0.25, -0.2) is 9.78 Å². The Balaban J connectivity index is 0.672. The third kappa shape index (κ3) is 10.1. The highest BCUT2D eigenvalue weighted by atomic mass is 16.5. The molecular weight excluding hydrogens is 833 g/mol. The first-order chi connectivity index (χ1) is 31.4. The maximum atomic E-state index is 13.6. The molecule has 0 unspecified atom stereocenters. The lowest BCUT2D eigenvalue weighted by Crippen LogP contribution is -2.47. The number of piperidine rings is 2. The van der Waals surface area contributed by atoms with Gasteiger partial charge in [-0.15, -0.1) is 10.2 Å². The molecule has 4 aromatic rings. The van der Waals surface area contributed by atoms with Gasteiger partial charge in [0.25, 0.3) is 0 Å². The van der Waals surface area contributed by atoms with Crippen LogP contribution in [0.4, 0.5) is 23.0 Å². The van der Waals surface area contributed by atoms with Crippen LogP contribution in [0.25, 0.3) is 11.3 Å². The fourth-order valence-corrected chi connectivity index (χ4v) is 10.2. The fraction of sp³-hybridized carbons (Fsp3) is 0.574. The summed E-state index contributed by atoms with van der Waals surface area (Å²) in [6.45, 7) is 11.7. The summed E-state index contributed by atoms with van der Waals surface area (Å²) in [5, 5.41) is 42.9. The molecule has 1 aromatic carbocycles. The third-order valence-electron chi connectivity index (χ3n) is 14.0. The maximum absolute atomic E-state index is 13.6. The number of likely N-dealkylation sites (tertiary alicyclic amines) is 2. The van der Waals surface area contributed by atoms with Crippen LogP contribution in [0.5, 0.6) is 11.6 Å². The SMILES string of the molecule is CC(C)[C@@H](C(=O)N1C[C@H](O)C[C@H]1C(=O)O)c1cc(N2CCC(CN3CCC(O[C@H]4C[C@H](Oc5cc(N6CCN(c7cc(-c8ccccc8O)nnc7N)CC6)ccn5)C4)CC3)CC2)no1. The number of nitrogens with two attached hydrogens (primary N) is 1. The number of aliphatic carboxylic acids is 1. The minimum absolute atomic E-state index is 0.00221. The molecule has 0 radical (unpaired) electrons.